The summed E-state index contributed by atoms with van der Waals surface area (Å²) in [4.78, 5) is 6.67. The smallest absolute Gasteiger partial charge is 0.0817 e. The van der Waals surface area contributed by atoms with E-state index < -0.39 is 0 Å². The monoisotopic (exact) mass is 222 g/mol. The van der Waals surface area contributed by atoms with E-state index >= 15 is 0 Å². The van der Waals surface area contributed by atoms with E-state index in [0.29, 0.717) is 0 Å². The van der Waals surface area contributed by atoms with Crippen LogP contribution in [0.3, 0.4) is 0 Å². The van der Waals surface area contributed by atoms with Gasteiger partial charge in [-0.3, -0.25) is 9.89 Å². The van der Waals surface area contributed by atoms with Gasteiger partial charge in [0.2, 0.25) is 0 Å². The summed E-state index contributed by atoms with van der Waals surface area (Å²) in [6.07, 6.45) is 5.67. The van der Waals surface area contributed by atoms with Gasteiger partial charge in [-0.15, -0.1) is 11.8 Å². The predicted molar refractivity (Wildman–Crippen MR) is 70.7 cm³/mol. The van der Waals surface area contributed by atoms with Crippen LogP contribution in [-0.2, 0) is 0 Å². The van der Waals surface area contributed by atoms with Crippen molar-refractivity contribution in [3.05, 3.63) is 37.0 Å². The van der Waals surface area contributed by atoms with Crippen molar-refractivity contribution < 1.29 is 0 Å². The summed E-state index contributed by atoms with van der Waals surface area (Å²) in [5, 5.41) is 1.25. The third-order valence-corrected chi connectivity index (χ3v) is 3.08. The fourth-order valence-corrected chi connectivity index (χ4v) is 2.32. The number of hydrogen-bond donors (Lipinski definition) is 0. The molecule has 3 heteroatoms. The van der Waals surface area contributed by atoms with Crippen LogP contribution in [0.15, 0.2) is 42.0 Å². The van der Waals surface area contributed by atoms with Crippen molar-refractivity contribution in [1.29, 1.82) is 0 Å². The van der Waals surface area contributed by atoms with Crippen molar-refractivity contribution in [2.45, 2.75) is 0 Å². The summed E-state index contributed by atoms with van der Waals surface area (Å²) in [5.74, 6) is 1.14. The summed E-state index contributed by atoms with van der Waals surface area (Å²) in [6.45, 7) is 10.3. The molecule has 2 nitrogen and oxygen atoms in total. The molecule has 1 rings (SSSR count). The SMILES string of the molecule is C=C/C=C(\C=C)CN(C)CC1=NCCS1. The highest BCUT2D eigenvalue weighted by Crippen LogP contribution is 2.12. The lowest BCUT2D eigenvalue weighted by Gasteiger charge is -2.16. The van der Waals surface area contributed by atoms with Crippen LogP contribution in [0, 0.1) is 0 Å². The molecule has 0 amide bonds. The number of aliphatic imine (C=N–C) groups is 1. The minimum absolute atomic E-state index is 0.898. The third kappa shape index (κ3) is 4.49. The quantitative estimate of drug-likeness (QED) is 0.641. The van der Waals surface area contributed by atoms with Crippen LogP contribution in [0.1, 0.15) is 0 Å². The summed E-state index contributed by atoms with van der Waals surface area (Å²) in [7, 11) is 2.10. The van der Waals surface area contributed by atoms with Gasteiger partial charge in [-0.05, 0) is 12.6 Å². The first kappa shape index (κ1) is 12.3. The van der Waals surface area contributed by atoms with Crippen LogP contribution in [-0.4, -0.2) is 42.4 Å². The molecule has 0 fully saturated rings. The molecule has 0 saturated carbocycles. The molecule has 0 spiro atoms. The van der Waals surface area contributed by atoms with Crippen molar-refractivity contribution in [3.8, 4) is 0 Å². The molecule has 0 atom stereocenters. The van der Waals surface area contributed by atoms with Gasteiger partial charge in [0.1, 0.15) is 0 Å². The second kappa shape index (κ2) is 6.64. The minimum atomic E-state index is 0.898. The first-order valence-electron chi connectivity index (χ1n) is 5.05. The van der Waals surface area contributed by atoms with E-state index in [-0.39, 0.29) is 0 Å². The largest absolute Gasteiger partial charge is 0.296 e. The molecule has 0 aromatic carbocycles. The lowest BCUT2D eigenvalue weighted by molar-refractivity contribution is 0.420. The van der Waals surface area contributed by atoms with Gasteiger partial charge in [-0.2, -0.15) is 0 Å². The number of allylic oxidation sites excluding steroid dienone is 2. The molecule has 0 radical (unpaired) electrons. The lowest BCUT2D eigenvalue weighted by Crippen LogP contribution is -2.25. The second-order valence-electron chi connectivity index (χ2n) is 3.48. The Balaban J connectivity index is 2.39. The predicted octanol–water partition coefficient (Wildman–Crippen LogP) is 2.36. The van der Waals surface area contributed by atoms with Crippen molar-refractivity contribution in [2.75, 3.05) is 32.4 Å². The molecule has 1 aliphatic heterocycles. The molecular weight excluding hydrogens is 204 g/mol. The van der Waals surface area contributed by atoms with E-state index in [1.54, 1.807) is 6.08 Å². The van der Waals surface area contributed by atoms with Crippen LogP contribution >= 0.6 is 11.8 Å². The molecule has 1 aliphatic rings. The van der Waals surface area contributed by atoms with Crippen LogP contribution < -0.4 is 0 Å². The fraction of sp³-hybridized carbons (Fsp3) is 0.417. The van der Waals surface area contributed by atoms with Crippen molar-refractivity contribution in [1.82, 2.24) is 4.90 Å². The molecule has 0 saturated heterocycles. The summed E-state index contributed by atoms with van der Waals surface area (Å²) in [5.41, 5.74) is 1.19. The molecule has 0 N–H and O–H groups in total. The zero-order valence-corrected chi connectivity index (χ0v) is 10.1. The van der Waals surface area contributed by atoms with E-state index in [1.807, 2.05) is 23.9 Å². The molecule has 0 aromatic heterocycles. The van der Waals surface area contributed by atoms with Crippen LogP contribution in [0.5, 0.6) is 0 Å². The summed E-state index contributed by atoms with van der Waals surface area (Å²) in [6, 6.07) is 0. The average Bonchev–Trinajstić information content (AvgIpc) is 2.69. The van der Waals surface area contributed by atoms with Gasteiger partial charge in [0.05, 0.1) is 5.04 Å². The first-order chi connectivity index (χ1) is 7.26. The van der Waals surface area contributed by atoms with Crippen LogP contribution in [0.2, 0.25) is 0 Å². The van der Waals surface area contributed by atoms with E-state index in [0.717, 1.165) is 25.4 Å². The molecule has 0 aromatic rings. The number of nitrogens with zero attached hydrogens (tertiary/aromatic N) is 2. The Bertz CT molecular complexity index is 292. The summed E-state index contributed by atoms with van der Waals surface area (Å²) >= 11 is 1.86. The first-order valence-corrected chi connectivity index (χ1v) is 6.03. The van der Waals surface area contributed by atoms with Crippen LogP contribution in [0.4, 0.5) is 0 Å². The van der Waals surface area contributed by atoms with Gasteiger partial charge in [0.15, 0.2) is 0 Å². The maximum Gasteiger partial charge on any atom is 0.0817 e. The van der Waals surface area contributed by atoms with Gasteiger partial charge in [-0.1, -0.05) is 31.4 Å². The Morgan fingerprint density at radius 3 is 2.93 bits per heavy atom. The molecule has 15 heavy (non-hydrogen) atoms. The number of hydrogen-bond acceptors (Lipinski definition) is 3. The molecule has 0 bridgehead atoms. The zero-order valence-electron chi connectivity index (χ0n) is 9.28. The number of thioether (sulfide) groups is 1. The highest BCUT2D eigenvalue weighted by Gasteiger charge is 2.09. The third-order valence-electron chi connectivity index (χ3n) is 2.10. The molecule has 82 valence electrons. The molecule has 0 unspecified atom stereocenters. The standard InChI is InChI=1S/C12H18N2S/c1-4-6-11(5-2)9-14(3)10-12-13-7-8-15-12/h4-6H,1-2,7-10H2,3H3/b11-6+. The van der Waals surface area contributed by atoms with E-state index in [2.05, 4.69) is 30.1 Å². The Labute approximate surface area is 96.5 Å². The average molecular weight is 222 g/mol. The van der Waals surface area contributed by atoms with E-state index in [1.165, 1.54) is 10.6 Å². The van der Waals surface area contributed by atoms with E-state index in [9.17, 15) is 0 Å². The Hall–Kier alpha value is -0.800. The van der Waals surface area contributed by atoms with Gasteiger partial charge < -0.3 is 0 Å². The Morgan fingerprint density at radius 2 is 2.40 bits per heavy atom. The molecule has 0 aliphatic carbocycles. The molecule has 1 heterocycles. The maximum absolute atomic E-state index is 4.43. The summed E-state index contributed by atoms with van der Waals surface area (Å²) < 4.78 is 0. The normalized spacial score (nSPS) is 16.7. The van der Waals surface area contributed by atoms with Crippen molar-refractivity contribution in [3.63, 3.8) is 0 Å². The highest BCUT2D eigenvalue weighted by molar-refractivity contribution is 8.14. The molecular formula is C12H18N2S. The van der Waals surface area contributed by atoms with Gasteiger partial charge in [0.25, 0.3) is 0 Å². The highest BCUT2D eigenvalue weighted by atomic mass is 32.2. The maximum atomic E-state index is 4.43. The van der Waals surface area contributed by atoms with Crippen LogP contribution in [0.25, 0.3) is 0 Å². The number of likely N-dealkylation sites (N-methyl/N-ethyl adjacent to an activating group) is 1. The fourth-order valence-electron chi connectivity index (χ4n) is 1.41. The lowest BCUT2D eigenvalue weighted by atomic mass is 10.2. The van der Waals surface area contributed by atoms with Gasteiger partial charge in [-0.25, -0.2) is 0 Å². The topological polar surface area (TPSA) is 15.6 Å². The van der Waals surface area contributed by atoms with Crippen molar-refractivity contribution >= 4 is 16.8 Å². The Kier molecular flexibility index (Phi) is 5.43. The minimum Gasteiger partial charge on any atom is -0.296 e. The van der Waals surface area contributed by atoms with Gasteiger partial charge in [0, 0.05) is 25.4 Å². The Morgan fingerprint density at radius 1 is 1.60 bits per heavy atom. The second-order valence-corrected chi connectivity index (χ2v) is 4.65. The zero-order chi connectivity index (χ0) is 11.1. The van der Waals surface area contributed by atoms with E-state index in [4.69, 9.17) is 0 Å². The number of rotatable bonds is 6. The van der Waals surface area contributed by atoms with Crippen molar-refractivity contribution in [2.24, 2.45) is 4.99 Å². The van der Waals surface area contributed by atoms with Gasteiger partial charge >= 0.3 is 0 Å².